The van der Waals surface area contributed by atoms with Crippen LogP contribution in [0.2, 0.25) is 0 Å². The van der Waals surface area contributed by atoms with Crippen LogP contribution in [0.15, 0.2) is 0 Å². The fourth-order valence-electron chi connectivity index (χ4n) is 0.690. The monoisotopic (exact) mass is 169 g/mol. The lowest BCUT2D eigenvalue weighted by molar-refractivity contribution is 0.0740. The molecule has 0 bridgehead atoms. The van der Waals surface area contributed by atoms with Gasteiger partial charge < -0.3 is 9.29 Å². The minimum absolute atomic E-state index is 0.637. The maximum atomic E-state index is 10.5. The molecule has 1 heterocycles. The Balaban J connectivity index is 2.23. The lowest BCUT2D eigenvalue weighted by Gasteiger charge is -2.22. The Hall–Kier alpha value is 0.520. The molecule has 1 saturated heterocycles. The SMILES string of the molecule is [O-][S+](Cl)N1CCOCC1. The van der Waals surface area contributed by atoms with Gasteiger partial charge in [-0.15, -0.1) is 4.31 Å². The highest BCUT2D eigenvalue weighted by molar-refractivity contribution is 8.11. The maximum absolute atomic E-state index is 10.5. The summed E-state index contributed by atoms with van der Waals surface area (Å²) in [5.41, 5.74) is 0. The maximum Gasteiger partial charge on any atom is 0.200 e. The molecule has 0 radical (unpaired) electrons. The first kappa shape index (κ1) is 7.63. The normalized spacial score (nSPS) is 26.0. The molecule has 9 heavy (non-hydrogen) atoms. The van der Waals surface area contributed by atoms with E-state index in [1.54, 1.807) is 4.31 Å². The van der Waals surface area contributed by atoms with Crippen LogP contribution in [0.1, 0.15) is 0 Å². The molecule has 1 aliphatic heterocycles. The molecular weight excluding hydrogens is 162 g/mol. The van der Waals surface area contributed by atoms with Crippen LogP contribution in [0.3, 0.4) is 0 Å². The van der Waals surface area contributed by atoms with Crippen molar-refractivity contribution in [2.75, 3.05) is 26.3 Å². The van der Waals surface area contributed by atoms with Gasteiger partial charge in [0.05, 0.1) is 26.3 Å². The zero-order chi connectivity index (χ0) is 6.69. The van der Waals surface area contributed by atoms with Gasteiger partial charge in [0.1, 0.15) is 0 Å². The van der Waals surface area contributed by atoms with E-state index in [-0.39, 0.29) is 0 Å². The van der Waals surface area contributed by atoms with Gasteiger partial charge in [0.15, 0.2) is 21.3 Å². The number of hydrogen-bond donors (Lipinski definition) is 0. The smallest absolute Gasteiger partial charge is 0.200 e. The number of nitrogens with zero attached hydrogens (tertiary/aromatic N) is 1. The van der Waals surface area contributed by atoms with Crippen molar-refractivity contribution < 1.29 is 9.29 Å². The fraction of sp³-hybridized carbons (Fsp3) is 1.00. The van der Waals surface area contributed by atoms with Crippen LogP contribution in [0.25, 0.3) is 0 Å². The third kappa shape index (κ3) is 2.31. The Bertz CT molecular complexity index is 86.6. The quantitative estimate of drug-likeness (QED) is 0.524. The Morgan fingerprint density at radius 2 is 2.00 bits per heavy atom. The molecule has 3 nitrogen and oxygen atoms in total. The Morgan fingerprint density at radius 1 is 1.44 bits per heavy atom. The van der Waals surface area contributed by atoms with E-state index in [1.807, 2.05) is 0 Å². The second-order valence-corrected chi connectivity index (χ2v) is 3.47. The molecule has 1 aliphatic rings. The lowest BCUT2D eigenvalue weighted by atomic mass is 10.5. The van der Waals surface area contributed by atoms with Crippen molar-refractivity contribution >= 4 is 21.3 Å². The fourth-order valence-corrected chi connectivity index (χ4v) is 1.54. The van der Waals surface area contributed by atoms with Gasteiger partial charge in [-0.3, -0.25) is 0 Å². The van der Waals surface area contributed by atoms with Gasteiger partial charge in [-0.2, -0.15) is 0 Å². The predicted octanol–water partition coefficient (Wildman–Crippen LogP) is 0.136. The molecule has 0 aromatic heterocycles. The van der Waals surface area contributed by atoms with Crippen LogP contribution < -0.4 is 0 Å². The Morgan fingerprint density at radius 3 is 2.33 bits per heavy atom. The molecule has 54 valence electrons. The molecule has 1 atom stereocenters. The van der Waals surface area contributed by atoms with Gasteiger partial charge in [-0.1, -0.05) is 0 Å². The standard InChI is InChI=1S/C4H8ClNO2S/c5-9(7)6-1-3-8-4-2-6/h1-4H2. The number of halogens is 1. The van der Waals surface area contributed by atoms with Crippen LogP contribution >= 0.6 is 10.7 Å². The lowest BCUT2D eigenvalue weighted by Crippen LogP contribution is -2.38. The van der Waals surface area contributed by atoms with Gasteiger partial charge in [0.2, 0.25) is 0 Å². The molecule has 0 spiro atoms. The topological polar surface area (TPSA) is 35.5 Å². The van der Waals surface area contributed by atoms with Gasteiger partial charge in [-0.05, 0) is 0 Å². The van der Waals surface area contributed by atoms with E-state index in [2.05, 4.69) is 0 Å². The van der Waals surface area contributed by atoms with Crippen molar-refractivity contribution in [1.29, 1.82) is 0 Å². The van der Waals surface area contributed by atoms with Gasteiger partial charge in [0, 0.05) is 0 Å². The zero-order valence-electron chi connectivity index (χ0n) is 4.88. The number of ether oxygens (including phenoxy) is 1. The molecular formula is C4H8ClNO2S. The largest absolute Gasteiger partial charge is 0.580 e. The summed E-state index contributed by atoms with van der Waals surface area (Å²) < 4.78 is 17.2. The summed E-state index contributed by atoms with van der Waals surface area (Å²) >= 11 is 0. The van der Waals surface area contributed by atoms with Gasteiger partial charge in [-0.25, -0.2) is 0 Å². The van der Waals surface area contributed by atoms with Crippen LogP contribution in [0, 0.1) is 0 Å². The van der Waals surface area contributed by atoms with Crippen LogP contribution in [-0.4, -0.2) is 35.2 Å². The second kappa shape index (κ2) is 3.63. The zero-order valence-corrected chi connectivity index (χ0v) is 6.45. The van der Waals surface area contributed by atoms with Crippen LogP contribution in [0.4, 0.5) is 0 Å². The summed E-state index contributed by atoms with van der Waals surface area (Å²) in [5.74, 6) is 0. The van der Waals surface area contributed by atoms with E-state index in [1.165, 1.54) is 0 Å². The third-order valence-electron chi connectivity index (χ3n) is 1.17. The van der Waals surface area contributed by atoms with E-state index in [9.17, 15) is 4.55 Å². The molecule has 0 aromatic rings. The summed E-state index contributed by atoms with van der Waals surface area (Å²) in [7, 11) is 3.97. The number of morpholine rings is 1. The predicted molar refractivity (Wildman–Crippen MR) is 36.4 cm³/mol. The van der Waals surface area contributed by atoms with E-state index in [0.29, 0.717) is 26.3 Å². The van der Waals surface area contributed by atoms with E-state index < -0.39 is 10.6 Å². The molecule has 5 heteroatoms. The van der Waals surface area contributed by atoms with Gasteiger partial charge in [0.25, 0.3) is 0 Å². The molecule has 0 amide bonds. The van der Waals surface area contributed by atoms with Crippen LogP contribution in [-0.2, 0) is 15.3 Å². The highest BCUT2D eigenvalue weighted by Gasteiger charge is 2.20. The molecule has 1 unspecified atom stereocenters. The van der Waals surface area contributed by atoms with Crippen molar-refractivity contribution in [1.82, 2.24) is 4.31 Å². The number of hydrogen-bond acceptors (Lipinski definition) is 3. The average Bonchev–Trinajstić information content (AvgIpc) is 1.90. The summed E-state index contributed by atoms with van der Waals surface area (Å²) in [6, 6.07) is 0. The Labute approximate surface area is 61.7 Å². The average molecular weight is 170 g/mol. The minimum atomic E-state index is -1.33. The molecule has 0 aromatic carbocycles. The van der Waals surface area contributed by atoms with Crippen LogP contribution in [0.5, 0.6) is 0 Å². The van der Waals surface area contributed by atoms with E-state index in [0.717, 1.165) is 0 Å². The summed E-state index contributed by atoms with van der Waals surface area (Å²) in [4.78, 5) is 0. The van der Waals surface area contributed by atoms with E-state index >= 15 is 0 Å². The van der Waals surface area contributed by atoms with Gasteiger partial charge >= 0.3 is 0 Å². The molecule has 0 aliphatic carbocycles. The molecule has 0 saturated carbocycles. The first-order chi connectivity index (χ1) is 4.30. The van der Waals surface area contributed by atoms with Crippen molar-refractivity contribution in [3.05, 3.63) is 0 Å². The summed E-state index contributed by atoms with van der Waals surface area (Å²) in [6.07, 6.45) is 0. The first-order valence-electron chi connectivity index (χ1n) is 2.71. The van der Waals surface area contributed by atoms with Crippen molar-refractivity contribution in [2.24, 2.45) is 0 Å². The first-order valence-corrected chi connectivity index (χ1v) is 4.65. The van der Waals surface area contributed by atoms with E-state index in [4.69, 9.17) is 15.4 Å². The molecule has 1 rings (SSSR count). The van der Waals surface area contributed by atoms with Crippen molar-refractivity contribution in [3.8, 4) is 0 Å². The third-order valence-corrected chi connectivity index (χ3v) is 2.53. The molecule has 1 fully saturated rings. The second-order valence-electron chi connectivity index (χ2n) is 1.75. The minimum Gasteiger partial charge on any atom is -0.580 e. The highest BCUT2D eigenvalue weighted by Crippen LogP contribution is 2.07. The Kier molecular flexibility index (Phi) is 3.08. The molecule has 0 N–H and O–H groups in total. The van der Waals surface area contributed by atoms with Crippen molar-refractivity contribution in [3.63, 3.8) is 0 Å². The van der Waals surface area contributed by atoms with Crippen molar-refractivity contribution in [2.45, 2.75) is 0 Å². The number of rotatable bonds is 1. The summed E-state index contributed by atoms with van der Waals surface area (Å²) in [5, 5.41) is 0. The highest BCUT2D eigenvalue weighted by atomic mass is 35.7. The summed E-state index contributed by atoms with van der Waals surface area (Å²) in [6.45, 7) is 2.63.